The fraction of sp³-hybridized carbons (Fsp3) is 0.286. The van der Waals surface area contributed by atoms with E-state index >= 15 is 0 Å². The lowest BCUT2D eigenvalue weighted by molar-refractivity contribution is -0.241. The van der Waals surface area contributed by atoms with Crippen molar-refractivity contribution in [1.29, 1.82) is 0 Å². The van der Waals surface area contributed by atoms with Crippen LogP contribution in [-0.2, 0) is 19.3 Å². The topological polar surface area (TPSA) is 166 Å². The average Bonchev–Trinajstić information content (AvgIpc) is 2.75. The molecule has 4 N–H and O–H groups in total. The van der Waals surface area contributed by atoms with Gasteiger partial charge in [-0.05, 0) is 24.3 Å². The van der Waals surface area contributed by atoms with Gasteiger partial charge in [-0.2, -0.15) is 0 Å². The molecule has 0 spiro atoms. The number of benzene rings is 2. The first-order chi connectivity index (χ1) is 15.8. The van der Waals surface area contributed by atoms with Gasteiger partial charge in [-0.1, -0.05) is 24.3 Å². The van der Waals surface area contributed by atoms with E-state index in [9.17, 15) is 14.4 Å². The third-order valence-electron chi connectivity index (χ3n) is 4.20. The van der Waals surface area contributed by atoms with Gasteiger partial charge in [0.1, 0.15) is 44.3 Å². The first-order valence-electron chi connectivity index (χ1n) is 9.67. The van der Waals surface area contributed by atoms with Gasteiger partial charge >= 0.3 is 17.9 Å². The van der Waals surface area contributed by atoms with Crippen molar-refractivity contribution in [2.24, 2.45) is 0 Å². The normalized spacial score (nSPS) is 10.3. The highest BCUT2D eigenvalue weighted by Gasteiger charge is 2.18. The molecule has 2 aromatic rings. The summed E-state index contributed by atoms with van der Waals surface area (Å²) in [6.07, 6.45) is 0. The number of hydrogen-bond acceptors (Lipinski definition) is 9. The predicted molar refractivity (Wildman–Crippen MR) is 115 cm³/mol. The molecule has 0 amide bonds. The maximum atomic E-state index is 11.1. The fourth-order valence-corrected chi connectivity index (χ4v) is 2.97. The van der Waals surface area contributed by atoms with Crippen molar-refractivity contribution in [3.8, 4) is 11.5 Å². The van der Waals surface area contributed by atoms with Crippen LogP contribution >= 0.6 is 0 Å². The van der Waals surface area contributed by atoms with Crippen LogP contribution in [0, 0.1) is 0 Å². The number of rotatable bonds is 15. The lowest BCUT2D eigenvalue weighted by atomic mass is 10.2. The summed E-state index contributed by atoms with van der Waals surface area (Å²) in [5.41, 5.74) is 0.680. The number of para-hydroxylation sites is 4. The zero-order chi connectivity index (χ0) is 24.2. The van der Waals surface area contributed by atoms with Crippen LogP contribution in [0.2, 0.25) is 0 Å². The highest BCUT2D eigenvalue weighted by molar-refractivity contribution is 5.81. The molecule has 0 heterocycles. The molecule has 12 heteroatoms. The van der Waals surface area contributed by atoms with E-state index in [4.69, 9.17) is 30.1 Å². The summed E-state index contributed by atoms with van der Waals surface area (Å²) >= 11 is 0. The highest BCUT2D eigenvalue weighted by Crippen LogP contribution is 2.29. The van der Waals surface area contributed by atoms with Gasteiger partial charge in [0, 0.05) is 0 Å². The number of carboxylic acid groups (broad SMARTS) is 3. The van der Waals surface area contributed by atoms with E-state index < -0.39 is 37.5 Å². The van der Waals surface area contributed by atoms with Crippen molar-refractivity contribution >= 4 is 29.3 Å². The number of nitrogens with zero attached hydrogens (tertiary/aromatic N) is 2. The smallest absolute Gasteiger partial charge is 0.323 e. The van der Waals surface area contributed by atoms with Crippen LogP contribution in [0.15, 0.2) is 48.5 Å². The minimum absolute atomic E-state index is 0.0226. The average molecular weight is 464 g/mol. The molecule has 0 unspecified atom stereocenters. The second kappa shape index (κ2) is 12.7. The molecule has 0 aliphatic carbocycles. The van der Waals surface area contributed by atoms with Crippen LogP contribution in [0.5, 0.6) is 11.5 Å². The number of carboxylic acids is 3. The summed E-state index contributed by atoms with van der Waals surface area (Å²) in [7, 11) is 0. The summed E-state index contributed by atoms with van der Waals surface area (Å²) in [6, 6.07) is 13.0. The summed E-state index contributed by atoms with van der Waals surface area (Å²) in [5, 5.41) is 36.0. The van der Waals surface area contributed by atoms with E-state index in [0.717, 1.165) is 4.90 Å². The molecular weight excluding hydrogens is 440 g/mol. The van der Waals surface area contributed by atoms with Gasteiger partial charge in [-0.15, -0.1) is 0 Å². The van der Waals surface area contributed by atoms with E-state index in [2.05, 4.69) is 4.89 Å². The Bertz CT molecular complexity index is 936. The number of ether oxygens (including phenoxy) is 2. The van der Waals surface area contributed by atoms with Crippen LogP contribution < -0.4 is 19.3 Å². The molecule has 0 bridgehead atoms. The molecule has 2 rings (SSSR count). The second-order valence-corrected chi connectivity index (χ2v) is 6.63. The summed E-state index contributed by atoms with van der Waals surface area (Å²) in [5.74, 6) is -2.91. The Morgan fingerprint density at radius 3 is 1.48 bits per heavy atom. The van der Waals surface area contributed by atoms with Crippen molar-refractivity contribution in [2.75, 3.05) is 49.4 Å². The van der Waals surface area contributed by atoms with Gasteiger partial charge in [0.15, 0.2) is 6.73 Å². The molecule has 178 valence electrons. The van der Waals surface area contributed by atoms with Gasteiger partial charge in [0.05, 0.1) is 11.4 Å². The summed E-state index contributed by atoms with van der Waals surface area (Å²) < 4.78 is 11.4. The SMILES string of the molecule is O=C(O)CN(COO)c1ccccc1OCCOc1ccccc1N(CC(=O)O)CC(=O)O. The third kappa shape index (κ3) is 8.20. The van der Waals surface area contributed by atoms with Crippen molar-refractivity contribution < 1.29 is 49.3 Å². The lowest BCUT2D eigenvalue weighted by Crippen LogP contribution is -2.34. The third-order valence-corrected chi connectivity index (χ3v) is 4.20. The lowest BCUT2D eigenvalue weighted by Gasteiger charge is -2.24. The van der Waals surface area contributed by atoms with Gasteiger partial charge < -0.3 is 34.6 Å². The van der Waals surface area contributed by atoms with E-state index in [-0.39, 0.29) is 25.7 Å². The van der Waals surface area contributed by atoms with Crippen molar-refractivity contribution in [3.05, 3.63) is 48.5 Å². The maximum Gasteiger partial charge on any atom is 0.323 e. The Hall–Kier alpha value is -4.03. The van der Waals surface area contributed by atoms with E-state index in [0.29, 0.717) is 17.1 Å². The molecule has 2 aromatic carbocycles. The van der Waals surface area contributed by atoms with Gasteiger partial charge in [-0.25, -0.2) is 10.1 Å². The van der Waals surface area contributed by atoms with Gasteiger partial charge in [0.2, 0.25) is 0 Å². The minimum Gasteiger partial charge on any atom is -0.488 e. The molecule has 0 fully saturated rings. The Morgan fingerprint density at radius 1 is 0.667 bits per heavy atom. The first kappa shape index (κ1) is 25.2. The minimum atomic E-state index is -1.19. The van der Waals surface area contributed by atoms with Crippen LogP contribution in [0.4, 0.5) is 11.4 Å². The van der Waals surface area contributed by atoms with Crippen LogP contribution in [0.25, 0.3) is 0 Å². The van der Waals surface area contributed by atoms with Gasteiger partial charge in [0.25, 0.3) is 0 Å². The summed E-state index contributed by atoms with van der Waals surface area (Å²) in [6.45, 7) is -1.82. The molecule has 0 aliphatic rings. The monoisotopic (exact) mass is 464 g/mol. The molecule has 0 aromatic heterocycles. The van der Waals surface area contributed by atoms with E-state index in [1.807, 2.05) is 0 Å². The molecule has 0 radical (unpaired) electrons. The molecule has 0 atom stereocenters. The Morgan fingerprint density at radius 2 is 1.06 bits per heavy atom. The van der Waals surface area contributed by atoms with Crippen LogP contribution in [-0.4, -0.2) is 78.1 Å². The number of aliphatic carboxylic acids is 3. The molecule has 0 aliphatic heterocycles. The zero-order valence-electron chi connectivity index (χ0n) is 17.5. The van der Waals surface area contributed by atoms with E-state index in [1.54, 1.807) is 48.5 Å². The molecule has 12 nitrogen and oxygen atoms in total. The molecule has 0 saturated carbocycles. The Kier molecular flexibility index (Phi) is 9.74. The van der Waals surface area contributed by atoms with Crippen molar-refractivity contribution in [1.82, 2.24) is 0 Å². The van der Waals surface area contributed by atoms with Crippen molar-refractivity contribution in [3.63, 3.8) is 0 Å². The Labute approximate surface area is 188 Å². The van der Waals surface area contributed by atoms with Gasteiger partial charge in [-0.3, -0.25) is 14.4 Å². The molecule has 33 heavy (non-hydrogen) atoms. The molecular formula is C21H24N2O10. The first-order valence-corrected chi connectivity index (χ1v) is 9.67. The number of hydrogen-bond donors (Lipinski definition) is 4. The van der Waals surface area contributed by atoms with Crippen LogP contribution in [0.1, 0.15) is 0 Å². The predicted octanol–water partition coefficient (Wildman–Crippen LogP) is 1.46. The zero-order valence-corrected chi connectivity index (χ0v) is 17.5. The summed E-state index contributed by atoms with van der Waals surface area (Å²) in [4.78, 5) is 39.9. The highest BCUT2D eigenvalue weighted by atomic mass is 17.1. The Balaban J connectivity index is 2.07. The quantitative estimate of drug-likeness (QED) is 0.130. The fourth-order valence-electron chi connectivity index (χ4n) is 2.97. The second-order valence-electron chi connectivity index (χ2n) is 6.63. The number of anilines is 2. The van der Waals surface area contributed by atoms with Crippen LogP contribution in [0.3, 0.4) is 0 Å². The molecule has 0 saturated heterocycles. The largest absolute Gasteiger partial charge is 0.488 e. The van der Waals surface area contributed by atoms with Crippen molar-refractivity contribution in [2.45, 2.75) is 0 Å². The maximum absolute atomic E-state index is 11.1. The standard InChI is InChI=1S/C21H24N2O10/c24-19(25)11-22(12-20(26)27)15-5-1-3-7-17(15)31-9-10-32-18-8-4-2-6-16(18)23(14-33-30)13-21(28)29/h1-8,30H,9-14H2,(H,24,25)(H,26,27)(H,28,29). The number of carbonyl (C=O) groups is 3. The van der Waals surface area contributed by atoms with E-state index in [1.165, 1.54) is 4.90 Å².